The Bertz CT molecular complexity index is 503. The van der Waals surface area contributed by atoms with E-state index in [0.29, 0.717) is 6.61 Å². The van der Waals surface area contributed by atoms with E-state index in [9.17, 15) is 0 Å². The Labute approximate surface area is 143 Å². The molecule has 6 nitrogen and oxygen atoms in total. The lowest BCUT2D eigenvalue weighted by molar-refractivity contribution is -0.297. The van der Waals surface area contributed by atoms with Gasteiger partial charge in [0.05, 0.1) is 13.7 Å². The molecular formula is C18H26O6. The average molecular weight is 338 g/mol. The molecule has 24 heavy (non-hydrogen) atoms. The van der Waals surface area contributed by atoms with Crippen LogP contribution in [0.3, 0.4) is 0 Å². The van der Waals surface area contributed by atoms with Gasteiger partial charge < -0.3 is 28.4 Å². The third-order valence-electron chi connectivity index (χ3n) is 4.14. The van der Waals surface area contributed by atoms with Gasteiger partial charge in [-0.05, 0) is 17.7 Å². The molecule has 5 atom stereocenters. The van der Waals surface area contributed by atoms with Crippen molar-refractivity contribution in [3.63, 3.8) is 0 Å². The third kappa shape index (κ3) is 4.15. The predicted octanol–water partition coefficient (Wildman–Crippen LogP) is 2.17. The van der Waals surface area contributed by atoms with E-state index in [0.717, 1.165) is 11.3 Å². The van der Waals surface area contributed by atoms with Crippen LogP contribution in [-0.4, -0.2) is 59.1 Å². The van der Waals surface area contributed by atoms with Gasteiger partial charge in [0.25, 0.3) is 0 Å². The third-order valence-corrected chi connectivity index (χ3v) is 4.14. The van der Waals surface area contributed by atoms with Crippen molar-refractivity contribution in [3.8, 4) is 5.75 Å². The number of hydrogen-bond acceptors (Lipinski definition) is 6. The SMILES string of the molecule is C=C[C@H]1O[C@H](OC)[C@H](OC)[C@@H](OC)[C@@H]1OCc1ccc(OC)cc1. The first-order valence-electron chi connectivity index (χ1n) is 7.79. The van der Waals surface area contributed by atoms with Gasteiger partial charge in [-0.3, -0.25) is 0 Å². The van der Waals surface area contributed by atoms with Gasteiger partial charge in [-0.1, -0.05) is 18.2 Å². The average Bonchev–Trinajstić information content (AvgIpc) is 2.65. The van der Waals surface area contributed by atoms with Crippen molar-refractivity contribution in [2.45, 2.75) is 37.3 Å². The second-order valence-electron chi connectivity index (χ2n) is 5.46. The molecule has 1 aromatic rings. The fourth-order valence-corrected chi connectivity index (χ4v) is 2.84. The summed E-state index contributed by atoms with van der Waals surface area (Å²) in [4.78, 5) is 0. The van der Waals surface area contributed by atoms with Crippen LogP contribution in [0, 0.1) is 0 Å². The summed E-state index contributed by atoms with van der Waals surface area (Å²) in [7, 11) is 6.43. The smallest absolute Gasteiger partial charge is 0.186 e. The fourth-order valence-electron chi connectivity index (χ4n) is 2.84. The maximum Gasteiger partial charge on any atom is 0.186 e. The van der Waals surface area contributed by atoms with Gasteiger partial charge >= 0.3 is 0 Å². The van der Waals surface area contributed by atoms with Crippen molar-refractivity contribution in [2.75, 3.05) is 28.4 Å². The van der Waals surface area contributed by atoms with E-state index in [-0.39, 0.29) is 18.3 Å². The van der Waals surface area contributed by atoms with Crippen LogP contribution in [-0.2, 0) is 30.3 Å². The van der Waals surface area contributed by atoms with Gasteiger partial charge in [0.1, 0.15) is 30.2 Å². The zero-order chi connectivity index (χ0) is 17.5. The van der Waals surface area contributed by atoms with Crippen molar-refractivity contribution < 1.29 is 28.4 Å². The van der Waals surface area contributed by atoms with Gasteiger partial charge in [-0.25, -0.2) is 0 Å². The fraction of sp³-hybridized carbons (Fsp3) is 0.556. The van der Waals surface area contributed by atoms with Crippen molar-refractivity contribution >= 4 is 0 Å². The maximum absolute atomic E-state index is 6.08. The second-order valence-corrected chi connectivity index (χ2v) is 5.46. The lowest BCUT2D eigenvalue weighted by atomic mass is 9.98. The van der Waals surface area contributed by atoms with Gasteiger partial charge in [-0.2, -0.15) is 0 Å². The highest BCUT2D eigenvalue weighted by Gasteiger charge is 2.46. The van der Waals surface area contributed by atoms with Crippen molar-refractivity contribution in [3.05, 3.63) is 42.5 Å². The molecule has 0 aromatic heterocycles. The van der Waals surface area contributed by atoms with E-state index in [4.69, 9.17) is 28.4 Å². The van der Waals surface area contributed by atoms with Crippen LogP contribution < -0.4 is 4.74 Å². The van der Waals surface area contributed by atoms with Crippen molar-refractivity contribution in [1.82, 2.24) is 0 Å². The lowest BCUT2D eigenvalue weighted by Gasteiger charge is -2.43. The minimum absolute atomic E-state index is 0.338. The van der Waals surface area contributed by atoms with Gasteiger partial charge in [-0.15, -0.1) is 6.58 Å². The lowest BCUT2D eigenvalue weighted by Crippen LogP contribution is -2.59. The van der Waals surface area contributed by atoms with Crippen molar-refractivity contribution in [2.24, 2.45) is 0 Å². The molecule has 0 amide bonds. The van der Waals surface area contributed by atoms with Gasteiger partial charge in [0.15, 0.2) is 6.29 Å². The molecule has 1 aliphatic heterocycles. The van der Waals surface area contributed by atoms with Crippen LogP contribution in [0.2, 0.25) is 0 Å². The van der Waals surface area contributed by atoms with E-state index < -0.39 is 12.4 Å². The summed E-state index contributed by atoms with van der Waals surface area (Å²) in [5.74, 6) is 0.806. The van der Waals surface area contributed by atoms with E-state index >= 15 is 0 Å². The first kappa shape index (κ1) is 18.9. The summed E-state index contributed by atoms with van der Waals surface area (Å²) in [5.41, 5.74) is 1.02. The highest BCUT2D eigenvalue weighted by Crippen LogP contribution is 2.29. The largest absolute Gasteiger partial charge is 0.497 e. The number of rotatable bonds is 8. The number of methoxy groups -OCH3 is 4. The molecule has 2 rings (SSSR count). The summed E-state index contributed by atoms with van der Waals surface area (Å²) in [6.45, 7) is 4.24. The Balaban J connectivity index is 2.10. The molecule has 0 aliphatic carbocycles. The Kier molecular flexibility index (Phi) is 7.20. The van der Waals surface area contributed by atoms with Crippen molar-refractivity contribution in [1.29, 1.82) is 0 Å². The molecule has 0 saturated carbocycles. The first-order valence-corrected chi connectivity index (χ1v) is 7.79. The predicted molar refractivity (Wildman–Crippen MR) is 89.0 cm³/mol. The molecule has 0 N–H and O–H groups in total. The number of benzene rings is 1. The molecule has 1 fully saturated rings. The minimum Gasteiger partial charge on any atom is -0.497 e. The first-order chi connectivity index (χ1) is 11.7. The molecule has 1 heterocycles. The Morgan fingerprint density at radius 3 is 2.12 bits per heavy atom. The van der Waals surface area contributed by atoms with Gasteiger partial charge in [0.2, 0.25) is 0 Å². The Morgan fingerprint density at radius 2 is 1.62 bits per heavy atom. The topological polar surface area (TPSA) is 55.4 Å². The molecule has 6 heteroatoms. The normalized spacial score (nSPS) is 30.1. The van der Waals surface area contributed by atoms with Crippen LogP contribution in [0.5, 0.6) is 5.75 Å². The summed E-state index contributed by atoms with van der Waals surface area (Å²) in [6.07, 6.45) is -0.283. The monoisotopic (exact) mass is 338 g/mol. The van der Waals surface area contributed by atoms with Gasteiger partial charge in [0, 0.05) is 21.3 Å². The molecule has 0 radical (unpaired) electrons. The van der Waals surface area contributed by atoms with E-state index in [1.165, 1.54) is 0 Å². The number of hydrogen-bond donors (Lipinski definition) is 0. The molecule has 0 spiro atoms. The molecule has 1 saturated heterocycles. The summed E-state index contributed by atoms with van der Waals surface area (Å²) in [6, 6.07) is 7.71. The highest BCUT2D eigenvalue weighted by atomic mass is 16.7. The molecule has 1 aliphatic rings. The molecular weight excluding hydrogens is 312 g/mol. The maximum atomic E-state index is 6.08. The van der Waals surface area contributed by atoms with Crippen LogP contribution in [0.4, 0.5) is 0 Å². The van der Waals surface area contributed by atoms with Crippen LogP contribution in [0.25, 0.3) is 0 Å². The molecule has 1 aromatic carbocycles. The summed E-state index contributed by atoms with van der Waals surface area (Å²) in [5, 5.41) is 0. The summed E-state index contributed by atoms with van der Waals surface area (Å²) >= 11 is 0. The molecule has 0 unspecified atom stereocenters. The number of ether oxygens (including phenoxy) is 6. The highest BCUT2D eigenvalue weighted by molar-refractivity contribution is 5.26. The minimum atomic E-state index is -0.538. The van der Waals surface area contributed by atoms with Crippen LogP contribution >= 0.6 is 0 Å². The van der Waals surface area contributed by atoms with E-state index in [1.807, 2.05) is 24.3 Å². The van der Waals surface area contributed by atoms with Crippen LogP contribution in [0.15, 0.2) is 36.9 Å². The standard InChI is InChI=1S/C18H26O6/c1-6-14-15(16(20-3)17(21-4)18(22-5)24-14)23-11-12-7-9-13(19-2)10-8-12/h6-10,14-18H,1,11H2,2-5H3/t14-,15-,16+,17-,18+/m1/s1. The van der Waals surface area contributed by atoms with Crippen LogP contribution in [0.1, 0.15) is 5.56 Å². The van der Waals surface area contributed by atoms with E-state index in [2.05, 4.69) is 6.58 Å². The molecule has 0 bridgehead atoms. The second kappa shape index (κ2) is 9.15. The quantitative estimate of drug-likeness (QED) is 0.677. The molecule has 134 valence electrons. The van der Waals surface area contributed by atoms with E-state index in [1.54, 1.807) is 34.5 Å². The zero-order valence-electron chi connectivity index (χ0n) is 14.6. The Hall–Kier alpha value is -1.44. The Morgan fingerprint density at radius 1 is 0.958 bits per heavy atom. The zero-order valence-corrected chi connectivity index (χ0v) is 14.6. The summed E-state index contributed by atoms with van der Waals surface area (Å²) < 4.78 is 33.6.